The second-order valence-corrected chi connectivity index (χ2v) is 17.1. The van der Waals surface area contributed by atoms with Crippen LogP contribution in [-0.4, -0.2) is 15.5 Å². The maximum atomic E-state index is 2.59. The lowest BCUT2D eigenvalue weighted by molar-refractivity contribution is 0.355. The monoisotopic (exact) mass is 790 g/mol. The molecular weight excluding hydrogens is 741 g/mol. The van der Waals surface area contributed by atoms with E-state index in [0.717, 1.165) is 60.5 Å². The molecule has 1 aliphatic heterocycles. The van der Waals surface area contributed by atoms with Crippen molar-refractivity contribution in [3.63, 3.8) is 0 Å². The number of aromatic nitrogens is 1. The van der Waals surface area contributed by atoms with Gasteiger partial charge in [-0.15, -0.1) is 0 Å². The molecule has 7 aromatic rings. The molecule has 3 aliphatic carbocycles. The van der Waals surface area contributed by atoms with Crippen LogP contribution in [0.25, 0.3) is 27.5 Å². The van der Waals surface area contributed by atoms with E-state index in [9.17, 15) is 0 Å². The van der Waals surface area contributed by atoms with Gasteiger partial charge in [0.15, 0.2) is 0 Å². The fourth-order valence-corrected chi connectivity index (χ4v) is 10.2. The average Bonchev–Trinajstić information content (AvgIpc) is 3.65. The molecule has 0 amide bonds. The first-order chi connectivity index (χ1) is 30.0. The van der Waals surface area contributed by atoms with E-state index < -0.39 is 0 Å². The molecule has 4 aliphatic rings. The van der Waals surface area contributed by atoms with Crippen molar-refractivity contribution in [2.24, 2.45) is 0 Å². The molecule has 0 spiro atoms. The summed E-state index contributed by atoms with van der Waals surface area (Å²) in [6, 6.07) is 53.5. The van der Waals surface area contributed by atoms with Crippen molar-refractivity contribution in [1.82, 2.24) is 9.47 Å². The van der Waals surface area contributed by atoms with Crippen LogP contribution in [0.2, 0.25) is 0 Å². The zero-order valence-corrected chi connectivity index (χ0v) is 35.0. The summed E-state index contributed by atoms with van der Waals surface area (Å²) in [5, 5.41) is 2.56. The van der Waals surface area contributed by atoms with Crippen molar-refractivity contribution < 1.29 is 0 Å². The molecule has 1 aromatic heterocycles. The van der Waals surface area contributed by atoms with Crippen molar-refractivity contribution in [1.29, 1.82) is 0 Å². The van der Waals surface area contributed by atoms with E-state index in [1.165, 1.54) is 55.7 Å². The van der Waals surface area contributed by atoms with Crippen LogP contribution >= 0.6 is 0 Å². The molecule has 4 nitrogen and oxygen atoms in total. The molecule has 11 rings (SSSR count). The molecule has 2 heterocycles. The lowest BCUT2D eigenvalue weighted by Gasteiger charge is -2.38. The van der Waals surface area contributed by atoms with E-state index in [0.29, 0.717) is 0 Å². The molecule has 298 valence electrons. The van der Waals surface area contributed by atoms with E-state index in [2.05, 4.69) is 233 Å². The summed E-state index contributed by atoms with van der Waals surface area (Å²) < 4.78 is 2.51. The molecule has 1 unspecified atom stereocenters. The fourth-order valence-electron chi connectivity index (χ4n) is 10.2. The summed E-state index contributed by atoms with van der Waals surface area (Å²) in [6.45, 7) is 4.80. The third kappa shape index (κ3) is 6.37. The second kappa shape index (κ2) is 15.2. The highest BCUT2D eigenvalue weighted by atomic mass is 15.2. The number of allylic oxidation sites excluding steroid dienone is 8. The molecule has 0 N–H and O–H groups in total. The normalized spacial score (nSPS) is 17.4. The average molecular weight is 791 g/mol. The second-order valence-electron chi connectivity index (χ2n) is 17.1. The Bertz CT molecular complexity index is 2930. The first kappa shape index (κ1) is 37.0. The largest absolute Gasteiger partial charge is 0.338 e. The molecular formula is C57H50N4. The summed E-state index contributed by atoms with van der Waals surface area (Å²) in [6.07, 6.45) is 26.4. The Kier molecular flexibility index (Phi) is 9.22. The Balaban J connectivity index is 1.07. The van der Waals surface area contributed by atoms with E-state index in [4.69, 9.17) is 0 Å². The Morgan fingerprint density at radius 3 is 1.93 bits per heavy atom. The molecule has 6 aromatic carbocycles. The predicted octanol–water partition coefficient (Wildman–Crippen LogP) is 15.0. The summed E-state index contributed by atoms with van der Waals surface area (Å²) in [5.74, 6) is 0. The maximum Gasteiger partial charge on any atom is 0.0583 e. The molecule has 1 atom stereocenters. The lowest BCUT2D eigenvalue weighted by atomic mass is 9.74. The van der Waals surface area contributed by atoms with Crippen LogP contribution in [0.4, 0.5) is 28.4 Å². The number of hydrogen-bond acceptors (Lipinski definition) is 3. The quantitative estimate of drug-likeness (QED) is 0.145. The standard InChI is InChI=1S/C57H50N4/c1-57(2)52-28-16-18-30-55(52)61-54-29-17-15-27-50(54)51-39-49(40-53(57)56(51)61)60(47-35-31-45(32-36-47)58(41-19-7-3-8-20-41)42-21-9-4-10-22-42)48-37-33-46(34-38-48)59(43-23-11-5-12-24-43)44-25-13-6-14-26-44/h3-5,7-11,13,15-23,25-33,35-40,46H,6,12,14,24,34H2,1-2H3. The van der Waals surface area contributed by atoms with Crippen LogP contribution in [0.3, 0.4) is 0 Å². The van der Waals surface area contributed by atoms with Crippen molar-refractivity contribution in [3.8, 4) is 5.69 Å². The Morgan fingerprint density at radius 1 is 0.557 bits per heavy atom. The van der Waals surface area contributed by atoms with Gasteiger partial charge in [-0.25, -0.2) is 0 Å². The summed E-state index contributed by atoms with van der Waals surface area (Å²) in [4.78, 5) is 7.42. The smallest absolute Gasteiger partial charge is 0.0583 e. The van der Waals surface area contributed by atoms with Crippen LogP contribution < -0.4 is 9.80 Å². The Labute approximate surface area is 359 Å². The maximum absolute atomic E-state index is 2.59. The van der Waals surface area contributed by atoms with Crippen LogP contribution in [0.15, 0.2) is 217 Å². The molecule has 0 radical (unpaired) electrons. The summed E-state index contributed by atoms with van der Waals surface area (Å²) in [5.41, 5.74) is 15.8. The zero-order valence-electron chi connectivity index (χ0n) is 35.0. The van der Waals surface area contributed by atoms with Gasteiger partial charge in [0.1, 0.15) is 0 Å². The number of hydrogen-bond donors (Lipinski definition) is 0. The third-order valence-electron chi connectivity index (χ3n) is 13.1. The van der Waals surface area contributed by atoms with Gasteiger partial charge in [0.2, 0.25) is 0 Å². The topological polar surface area (TPSA) is 14.7 Å². The number of fused-ring (bicyclic) bond motifs is 5. The van der Waals surface area contributed by atoms with Gasteiger partial charge >= 0.3 is 0 Å². The van der Waals surface area contributed by atoms with Crippen LogP contribution in [0, 0.1) is 0 Å². The number of anilines is 5. The zero-order chi connectivity index (χ0) is 40.9. The molecule has 4 heteroatoms. The Hall–Kier alpha value is -7.04. The summed E-state index contributed by atoms with van der Waals surface area (Å²) >= 11 is 0. The lowest BCUT2D eigenvalue weighted by Crippen LogP contribution is -2.34. The van der Waals surface area contributed by atoms with Gasteiger partial charge in [-0.3, -0.25) is 0 Å². The van der Waals surface area contributed by atoms with Crippen molar-refractivity contribution in [3.05, 3.63) is 228 Å². The third-order valence-corrected chi connectivity index (χ3v) is 13.1. The first-order valence-electron chi connectivity index (χ1n) is 21.9. The molecule has 61 heavy (non-hydrogen) atoms. The highest BCUT2D eigenvalue weighted by Crippen LogP contribution is 2.50. The van der Waals surface area contributed by atoms with E-state index in [-0.39, 0.29) is 11.5 Å². The van der Waals surface area contributed by atoms with E-state index in [1.807, 2.05) is 0 Å². The number of nitrogens with zero attached hydrogens (tertiary/aromatic N) is 4. The molecule has 0 bridgehead atoms. The number of benzene rings is 6. The predicted molar refractivity (Wildman–Crippen MR) is 257 cm³/mol. The molecule has 0 fully saturated rings. The minimum Gasteiger partial charge on any atom is -0.338 e. The van der Waals surface area contributed by atoms with Gasteiger partial charge in [-0.05, 0) is 134 Å². The SMILES string of the molecule is CC1(C)c2ccccc2-n2c3ccccc3c3cc(N(C4=CCC(N(C5=CCCC=C5)C5=CC=CCC5)C=C4)c4ccc(N(c5ccccc5)c5ccccc5)cc4)cc1c32. The number of para-hydroxylation sites is 4. The van der Waals surface area contributed by atoms with Gasteiger partial charge in [-0.1, -0.05) is 123 Å². The highest BCUT2D eigenvalue weighted by Gasteiger charge is 2.36. The van der Waals surface area contributed by atoms with Crippen LogP contribution in [0.1, 0.15) is 57.1 Å². The fraction of sp³-hybridized carbons (Fsp3) is 0.158. The molecule has 0 saturated carbocycles. The highest BCUT2D eigenvalue weighted by molar-refractivity contribution is 6.13. The summed E-state index contributed by atoms with van der Waals surface area (Å²) in [7, 11) is 0. The first-order valence-corrected chi connectivity index (χ1v) is 21.9. The van der Waals surface area contributed by atoms with Gasteiger partial charge in [0.25, 0.3) is 0 Å². The van der Waals surface area contributed by atoms with Crippen molar-refractivity contribution >= 4 is 50.2 Å². The Morgan fingerprint density at radius 2 is 1.25 bits per heavy atom. The van der Waals surface area contributed by atoms with Crippen molar-refractivity contribution in [2.75, 3.05) is 9.80 Å². The van der Waals surface area contributed by atoms with Gasteiger partial charge in [0.05, 0.1) is 22.8 Å². The molecule has 0 saturated heterocycles. The van der Waals surface area contributed by atoms with Gasteiger partial charge in [0, 0.05) is 61.7 Å². The van der Waals surface area contributed by atoms with E-state index in [1.54, 1.807) is 0 Å². The van der Waals surface area contributed by atoms with Crippen LogP contribution in [-0.2, 0) is 5.41 Å². The van der Waals surface area contributed by atoms with Gasteiger partial charge in [-0.2, -0.15) is 0 Å². The van der Waals surface area contributed by atoms with Crippen molar-refractivity contribution in [2.45, 2.75) is 57.4 Å². The van der Waals surface area contributed by atoms with Crippen LogP contribution in [0.5, 0.6) is 0 Å². The minimum absolute atomic E-state index is 0.220. The van der Waals surface area contributed by atoms with E-state index >= 15 is 0 Å². The number of rotatable bonds is 9. The van der Waals surface area contributed by atoms with Gasteiger partial charge < -0.3 is 19.3 Å². The minimum atomic E-state index is -0.220.